The zero-order valence-corrected chi connectivity index (χ0v) is 7.86. The van der Waals surface area contributed by atoms with Gasteiger partial charge in [0.05, 0.1) is 5.56 Å². The quantitative estimate of drug-likeness (QED) is 0.702. The molecule has 0 amide bonds. The normalized spacial score (nSPS) is 13.2. The maximum Gasteiger partial charge on any atom is 0.335 e. The maximum absolute atomic E-state index is 10.7. The third-order valence-electron chi connectivity index (χ3n) is 2.37. The average molecular weight is 200 g/mol. The maximum atomic E-state index is 10.7. The van der Waals surface area contributed by atoms with Gasteiger partial charge in [0, 0.05) is 12.0 Å². The molecular weight excluding hydrogens is 192 g/mol. The fourth-order valence-corrected chi connectivity index (χ4v) is 1.57. The lowest BCUT2D eigenvalue weighted by molar-refractivity contribution is 0.0697. The SMILES string of the molecule is O=C=C1C=Cc2cc(C(=O)O)ccc2C1. The van der Waals surface area contributed by atoms with Gasteiger partial charge in [-0.15, -0.1) is 0 Å². The second-order valence-corrected chi connectivity index (χ2v) is 3.36. The minimum Gasteiger partial charge on any atom is -0.478 e. The van der Waals surface area contributed by atoms with Gasteiger partial charge in [-0.2, -0.15) is 0 Å². The van der Waals surface area contributed by atoms with Gasteiger partial charge in [0.25, 0.3) is 0 Å². The van der Waals surface area contributed by atoms with Gasteiger partial charge in [0.2, 0.25) is 0 Å². The van der Waals surface area contributed by atoms with Crippen LogP contribution < -0.4 is 0 Å². The van der Waals surface area contributed by atoms with Crippen molar-refractivity contribution in [2.75, 3.05) is 0 Å². The predicted molar refractivity (Wildman–Crippen MR) is 55.3 cm³/mol. The molecule has 0 bridgehead atoms. The Morgan fingerprint density at radius 3 is 2.80 bits per heavy atom. The number of carbonyl (C=O) groups excluding carboxylic acids is 1. The van der Waals surface area contributed by atoms with E-state index in [1.165, 1.54) is 0 Å². The number of carboxylic acids is 1. The van der Waals surface area contributed by atoms with Crippen LogP contribution in [-0.4, -0.2) is 17.0 Å². The van der Waals surface area contributed by atoms with Gasteiger partial charge < -0.3 is 5.11 Å². The highest BCUT2D eigenvalue weighted by Gasteiger charge is 2.11. The van der Waals surface area contributed by atoms with Gasteiger partial charge in [-0.25, -0.2) is 9.59 Å². The molecule has 0 spiro atoms. The number of carbonyl (C=O) groups is 1. The van der Waals surface area contributed by atoms with Crippen LogP contribution in [0.4, 0.5) is 0 Å². The molecule has 0 fully saturated rings. The van der Waals surface area contributed by atoms with Crippen LogP contribution in [0.5, 0.6) is 0 Å². The van der Waals surface area contributed by atoms with E-state index in [2.05, 4.69) is 0 Å². The van der Waals surface area contributed by atoms with Crippen LogP contribution in [0, 0.1) is 0 Å². The van der Waals surface area contributed by atoms with Gasteiger partial charge >= 0.3 is 5.97 Å². The summed E-state index contributed by atoms with van der Waals surface area (Å²) in [4.78, 5) is 21.2. The highest BCUT2D eigenvalue weighted by Crippen LogP contribution is 2.22. The van der Waals surface area contributed by atoms with Crippen molar-refractivity contribution in [2.45, 2.75) is 6.42 Å². The van der Waals surface area contributed by atoms with Gasteiger partial charge in [-0.05, 0) is 29.3 Å². The summed E-state index contributed by atoms with van der Waals surface area (Å²) in [5.74, 6) is 0.904. The standard InChI is InChI=1S/C12H8O3/c13-7-8-1-2-10-6-11(12(14)15)4-3-9(10)5-8/h1-4,6H,5H2,(H,14,15). The lowest BCUT2D eigenvalue weighted by Crippen LogP contribution is -2.02. The van der Waals surface area contributed by atoms with Crippen LogP contribution in [0.1, 0.15) is 21.5 Å². The molecule has 0 aromatic heterocycles. The van der Waals surface area contributed by atoms with E-state index in [1.807, 2.05) is 5.94 Å². The fourth-order valence-electron chi connectivity index (χ4n) is 1.57. The molecule has 3 heteroatoms. The first-order valence-electron chi connectivity index (χ1n) is 4.49. The van der Waals surface area contributed by atoms with Crippen molar-refractivity contribution in [3.63, 3.8) is 0 Å². The molecule has 74 valence electrons. The van der Waals surface area contributed by atoms with E-state index in [1.54, 1.807) is 30.4 Å². The van der Waals surface area contributed by atoms with Crippen molar-refractivity contribution in [1.29, 1.82) is 0 Å². The number of allylic oxidation sites excluding steroid dienone is 2. The molecule has 0 radical (unpaired) electrons. The topological polar surface area (TPSA) is 54.4 Å². The highest BCUT2D eigenvalue weighted by atomic mass is 16.4. The summed E-state index contributed by atoms with van der Waals surface area (Å²) in [6.45, 7) is 0. The molecule has 3 nitrogen and oxygen atoms in total. The van der Waals surface area contributed by atoms with Crippen LogP contribution >= 0.6 is 0 Å². The molecule has 0 unspecified atom stereocenters. The monoisotopic (exact) mass is 200 g/mol. The van der Waals surface area contributed by atoms with Crippen molar-refractivity contribution in [3.05, 3.63) is 46.5 Å². The Bertz CT molecular complexity index is 506. The number of hydrogen-bond donors (Lipinski definition) is 1. The van der Waals surface area contributed by atoms with Gasteiger partial charge in [0.1, 0.15) is 5.94 Å². The van der Waals surface area contributed by atoms with Gasteiger partial charge in [-0.1, -0.05) is 12.1 Å². The number of hydrogen-bond acceptors (Lipinski definition) is 2. The molecule has 1 aromatic rings. The summed E-state index contributed by atoms with van der Waals surface area (Å²) in [6, 6.07) is 4.89. The molecule has 15 heavy (non-hydrogen) atoms. The van der Waals surface area contributed by atoms with Crippen LogP contribution in [0.25, 0.3) is 6.08 Å². The zero-order chi connectivity index (χ0) is 10.8. The molecule has 0 heterocycles. The van der Waals surface area contributed by atoms with Crippen LogP contribution in [0.3, 0.4) is 0 Å². The average Bonchev–Trinajstić information content (AvgIpc) is 2.27. The van der Waals surface area contributed by atoms with E-state index in [-0.39, 0.29) is 5.56 Å². The molecule has 0 saturated heterocycles. The van der Waals surface area contributed by atoms with Crippen molar-refractivity contribution in [2.24, 2.45) is 0 Å². The van der Waals surface area contributed by atoms with Crippen molar-refractivity contribution in [3.8, 4) is 0 Å². The van der Waals surface area contributed by atoms with Crippen LogP contribution in [0.15, 0.2) is 29.8 Å². The number of aromatic carboxylic acids is 1. The zero-order valence-electron chi connectivity index (χ0n) is 7.86. The minimum absolute atomic E-state index is 0.261. The summed E-state index contributed by atoms with van der Waals surface area (Å²) in [5, 5.41) is 8.79. The van der Waals surface area contributed by atoms with E-state index in [0.717, 1.165) is 11.1 Å². The lowest BCUT2D eigenvalue weighted by Gasteiger charge is -2.10. The predicted octanol–water partition coefficient (Wildman–Crippen LogP) is 1.71. The van der Waals surface area contributed by atoms with Gasteiger partial charge in [-0.3, -0.25) is 0 Å². The van der Waals surface area contributed by atoms with E-state index in [9.17, 15) is 9.59 Å². The molecule has 1 aliphatic rings. The Morgan fingerprint density at radius 2 is 2.13 bits per heavy atom. The largest absolute Gasteiger partial charge is 0.478 e. The second kappa shape index (κ2) is 3.56. The Labute approximate surface area is 86.4 Å². The van der Waals surface area contributed by atoms with E-state index >= 15 is 0 Å². The molecule has 1 aromatic carbocycles. The highest BCUT2D eigenvalue weighted by molar-refractivity contribution is 5.89. The Kier molecular flexibility index (Phi) is 2.24. The van der Waals surface area contributed by atoms with Crippen LogP contribution in [-0.2, 0) is 11.2 Å². The number of fused-ring (bicyclic) bond motifs is 1. The fraction of sp³-hybridized carbons (Fsp3) is 0.0833. The summed E-state index contributed by atoms with van der Waals surface area (Å²) < 4.78 is 0. The molecule has 0 saturated carbocycles. The Balaban J connectivity index is 2.48. The number of carboxylic acid groups (broad SMARTS) is 1. The molecule has 1 N–H and O–H groups in total. The summed E-state index contributed by atoms with van der Waals surface area (Å²) >= 11 is 0. The number of rotatable bonds is 1. The molecule has 0 aliphatic heterocycles. The Hall–Kier alpha value is -2.12. The van der Waals surface area contributed by atoms with Gasteiger partial charge in [0.15, 0.2) is 0 Å². The van der Waals surface area contributed by atoms with E-state index in [4.69, 9.17) is 5.11 Å². The lowest BCUT2D eigenvalue weighted by atomic mass is 9.93. The molecule has 1 aliphatic carbocycles. The summed E-state index contributed by atoms with van der Waals surface area (Å²) in [7, 11) is 0. The third-order valence-corrected chi connectivity index (χ3v) is 2.37. The molecular formula is C12H8O3. The summed E-state index contributed by atoms with van der Waals surface area (Å²) in [6.07, 6.45) is 3.93. The first-order chi connectivity index (χ1) is 7.20. The first kappa shape index (κ1) is 9.44. The smallest absolute Gasteiger partial charge is 0.335 e. The van der Waals surface area contributed by atoms with Crippen molar-refractivity contribution in [1.82, 2.24) is 0 Å². The molecule has 0 atom stereocenters. The molecule has 2 rings (SSSR count). The summed E-state index contributed by atoms with van der Waals surface area (Å²) in [5.41, 5.74) is 2.66. The number of benzene rings is 1. The van der Waals surface area contributed by atoms with Crippen molar-refractivity contribution >= 4 is 18.0 Å². The second-order valence-electron chi connectivity index (χ2n) is 3.36. The van der Waals surface area contributed by atoms with Crippen molar-refractivity contribution < 1.29 is 14.7 Å². The van der Waals surface area contributed by atoms with Crippen LogP contribution in [0.2, 0.25) is 0 Å². The third kappa shape index (κ3) is 1.73. The van der Waals surface area contributed by atoms with E-state index < -0.39 is 5.97 Å². The first-order valence-corrected chi connectivity index (χ1v) is 4.49. The van der Waals surface area contributed by atoms with E-state index in [0.29, 0.717) is 12.0 Å². The minimum atomic E-state index is -0.942. The Morgan fingerprint density at radius 1 is 1.33 bits per heavy atom.